The molecule has 0 aliphatic rings. The minimum Gasteiger partial charge on any atom is -0.268 e. The molecule has 5 heteroatoms. The van der Waals surface area contributed by atoms with Crippen molar-refractivity contribution in [3.8, 4) is 11.1 Å². The highest BCUT2D eigenvalue weighted by molar-refractivity contribution is 5.61. The van der Waals surface area contributed by atoms with Crippen molar-refractivity contribution in [3.63, 3.8) is 0 Å². The minimum absolute atomic E-state index is 0.318. The topological polar surface area (TPSA) is 58.6 Å². The Kier molecular flexibility index (Phi) is 2.06. The zero-order valence-corrected chi connectivity index (χ0v) is 7.07. The van der Waals surface area contributed by atoms with E-state index >= 15 is 0 Å². The van der Waals surface area contributed by atoms with Crippen LogP contribution in [0.25, 0.3) is 11.1 Å². The van der Waals surface area contributed by atoms with Crippen LogP contribution in [0, 0.1) is 5.82 Å². The summed E-state index contributed by atoms with van der Waals surface area (Å²) in [6.07, 6.45) is 3.94. The number of aromatic amines is 1. The lowest BCUT2D eigenvalue weighted by Gasteiger charge is -1.99. The smallest absolute Gasteiger partial charge is 0.264 e. The lowest BCUT2D eigenvalue weighted by molar-refractivity contribution is 0.625. The summed E-state index contributed by atoms with van der Waals surface area (Å²) in [6.45, 7) is 0. The SMILES string of the molecule is O=c1cc(-c2ccncc2F)cn[nH]1. The van der Waals surface area contributed by atoms with E-state index in [0.717, 1.165) is 6.20 Å². The first-order valence-corrected chi connectivity index (χ1v) is 3.92. The van der Waals surface area contributed by atoms with Crippen molar-refractivity contribution in [2.24, 2.45) is 0 Å². The Morgan fingerprint density at radius 3 is 2.93 bits per heavy atom. The van der Waals surface area contributed by atoms with Gasteiger partial charge in [0, 0.05) is 23.4 Å². The molecule has 1 N–H and O–H groups in total. The molecule has 0 fully saturated rings. The second-order valence-corrected chi connectivity index (χ2v) is 2.69. The van der Waals surface area contributed by atoms with Crippen LogP contribution in [-0.4, -0.2) is 15.2 Å². The van der Waals surface area contributed by atoms with E-state index in [-0.39, 0.29) is 5.56 Å². The van der Waals surface area contributed by atoms with Gasteiger partial charge in [-0.3, -0.25) is 9.78 Å². The number of halogens is 1. The molecule has 0 saturated carbocycles. The van der Waals surface area contributed by atoms with Gasteiger partial charge in [-0.15, -0.1) is 0 Å². The number of rotatable bonds is 1. The van der Waals surface area contributed by atoms with Crippen LogP contribution in [-0.2, 0) is 0 Å². The fraction of sp³-hybridized carbons (Fsp3) is 0. The van der Waals surface area contributed by atoms with E-state index in [1.54, 1.807) is 0 Å². The molecule has 0 aromatic carbocycles. The maximum Gasteiger partial charge on any atom is 0.264 e. The van der Waals surface area contributed by atoms with Crippen LogP contribution in [0.4, 0.5) is 4.39 Å². The van der Waals surface area contributed by atoms with Gasteiger partial charge in [-0.05, 0) is 6.07 Å². The van der Waals surface area contributed by atoms with E-state index in [9.17, 15) is 9.18 Å². The van der Waals surface area contributed by atoms with Gasteiger partial charge in [-0.25, -0.2) is 9.49 Å². The molecule has 4 nitrogen and oxygen atoms in total. The summed E-state index contributed by atoms with van der Waals surface area (Å²) in [7, 11) is 0. The van der Waals surface area contributed by atoms with Crippen molar-refractivity contribution >= 4 is 0 Å². The summed E-state index contributed by atoms with van der Waals surface area (Å²) in [5.41, 5.74) is 0.394. The molecule has 0 aliphatic heterocycles. The predicted molar refractivity (Wildman–Crippen MR) is 48.0 cm³/mol. The zero-order valence-electron chi connectivity index (χ0n) is 7.07. The van der Waals surface area contributed by atoms with Crippen molar-refractivity contribution in [2.75, 3.05) is 0 Å². The van der Waals surface area contributed by atoms with Crippen LogP contribution in [0.5, 0.6) is 0 Å². The fourth-order valence-corrected chi connectivity index (χ4v) is 1.13. The van der Waals surface area contributed by atoms with Gasteiger partial charge >= 0.3 is 0 Å². The van der Waals surface area contributed by atoms with Crippen LogP contribution in [0.3, 0.4) is 0 Å². The van der Waals surface area contributed by atoms with Gasteiger partial charge in [0.15, 0.2) is 0 Å². The first kappa shape index (κ1) is 8.55. The van der Waals surface area contributed by atoms with Gasteiger partial charge in [-0.2, -0.15) is 5.10 Å². The van der Waals surface area contributed by atoms with Crippen molar-refractivity contribution in [3.05, 3.63) is 46.9 Å². The fourth-order valence-electron chi connectivity index (χ4n) is 1.13. The lowest BCUT2D eigenvalue weighted by atomic mass is 10.1. The van der Waals surface area contributed by atoms with Gasteiger partial charge in [-0.1, -0.05) is 0 Å². The number of nitrogens with one attached hydrogen (secondary N) is 1. The molecule has 0 unspecified atom stereocenters. The molecule has 0 atom stereocenters. The molecule has 2 heterocycles. The first-order chi connectivity index (χ1) is 6.77. The molecule has 2 aromatic rings. The van der Waals surface area contributed by atoms with Gasteiger partial charge < -0.3 is 0 Å². The summed E-state index contributed by atoms with van der Waals surface area (Å²) < 4.78 is 13.2. The standard InChI is InChI=1S/C9H6FN3O/c10-8-5-11-2-1-7(8)6-3-9(14)13-12-4-6/h1-5H,(H,13,14). The van der Waals surface area contributed by atoms with E-state index < -0.39 is 5.82 Å². The summed E-state index contributed by atoms with van der Waals surface area (Å²) in [6, 6.07) is 2.78. The normalized spacial score (nSPS) is 10.1. The van der Waals surface area contributed by atoms with Crippen molar-refractivity contribution < 1.29 is 4.39 Å². The third-order valence-electron chi connectivity index (χ3n) is 1.75. The molecule has 0 spiro atoms. The summed E-state index contributed by atoms with van der Waals surface area (Å²) >= 11 is 0. The molecule has 0 saturated heterocycles. The van der Waals surface area contributed by atoms with Crippen molar-refractivity contribution in [1.29, 1.82) is 0 Å². The van der Waals surface area contributed by atoms with Crippen LogP contribution in [0.2, 0.25) is 0 Å². The first-order valence-electron chi connectivity index (χ1n) is 3.92. The molecule has 70 valence electrons. The van der Waals surface area contributed by atoms with E-state index in [2.05, 4.69) is 15.2 Å². The van der Waals surface area contributed by atoms with Crippen LogP contribution in [0.15, 0.2) is 35.5 Å². The largest absolute Gasteiger partial charge is 0.268 e. The Morgan fingerprint density at radius 2 is 2.21 bits per heavy atom. The van der Waals surface area contributed by atoms with E-state index in [4.69, 9.17) is 0 Å². The molecular formula is C9H6FN3O. The van der Waals surface area contributed by atoms with Crippen LogP contribution >= 0.6 is 0 Å². The quantitative estimate of drug-likeness (QED) is 0.730. The molecule has 0 amide bonds. The number of hydrogen-bond acceptors (Lipinski definition) is 3. The Balaban J connectivity index is 2.61. The summed E-state index contributed by atoms with van der Waals surface area (Å²) in [4.78, 5) is 14.5. The van der Waals surface area contributed by atoms with Crippen LogP contribution in [0.1, 0.15) is 0 Å². The zero-order chi connectivity index (χ0) is 9.97. The molecule has 0 aliphatic carbocycles. The Hall–Kier alpha value is -2.04. The highest BCUT2D eigenvalue weighted by Crippen LogP contribution is 2.18. The van der Waals surface area contributed by atoms with Crippen molar-refractivity contribution in [1.82, 2.24) is 15.2 Å². The molecule has 2 aromatic heterocycles. The van der Waals surface area contributed by atoms with Crippen molar-refractivity contribution in [2.45, 2.75) is 0 Å². The number of H-pyrrole nitrogens is 1. The predicted octanol–water partition coefficient (Wildman–Crippen LogP) is 0.971. The summed E-state index contributed by atoms with van der Waals surface area (Å²) in [5.74, 6) is -0.472. The highest BCUT2D eigenvalue weighted by Gasteiger charge is 2.04. The average molecular weight is 191 g/mol. The van der Waals surface area contributed by atoms with E-state index in [1.165, 1.54) is 24.5 Å². The number of aromatic nitrogens is 3. The molecule has 14 heavy (non-hydrogen) atoms. The maximum atomic E-state index is 13.2. The second-order valence-electron chi connectivity index (χ2n) is 2.69. The average Bonchev–Trinajstić information content (AvgIpc) is 2.18. The minimum atomic E-state index is -0.472. The molecule has 0 bridgehead atoms. The van der Waals surface area contributed by atoms with E-state index in [0.29, 0.717) is 11.1 Å². The Morgan fingerprint density at radius 1 is 1.36 bits per heavy atom. The van der Waals surface area contributed by atoms with Gasteiger partial charge in [0.05, 0.1) is 12.4 Å². The summed E-state index contributed by atoms with van der Waals surface area (Å²) in [5, 5.41) is 5.79. The third kappa shape index (κ3) is 1.52. The number of nitrogens with zero attached hydrogens (tertiary/aromatic N) is 2. The molecule has 0 radical (unpaired) electrons. The number of hydrogen-bond donors (Lipinski definition) is 1. The third-order valence-corrected chi connectivity index (χ3v) is 1.75. The van der Waals surface area contributed by atoms with Gasteiger partial charge in [0.2, 0.25) is 0 Å². The highest BCUT2D eigenvalue weighted by atomic mass is 19.1. The van der Waals surface area contributed by atoms with E-state index in [1.807, 2.05) is 0 Å². The Bertz CT molecular complexity index is 509. The monoisotopic (exact) mass is 191 g/mol. The maximum absolute atomic E-state index is 13.2. The van der Waals surface area contributed by atoms with Gasteiger partial charge in [0.1, 0.15) is 5.82 Å². The Labute approximate surface area is 78.4 Å². The molecule has 2 rings (SSSR count). The van der Waals surface area contributed by atoms with Crippen LogP contribution < -0.4 is 5.56 Å². The molecular weight excluding hydrogens is 185 g/mol. The second kappa shape index (κ2) is 3.37. The lowest BCUT2D eigenvalue weighted by Crippen LogP contribution is -2.05. The van der Waals surface area contributed by atoms with Gasteiger partial charge in [0.25, 0.3) is 5.56 Å². The number of pyridine rings is 1.